The molecule has 0 amide bonds. The van der Waals surface area contributed by atoms with E-state index in [1.807, 2.05) is 40.7 Å². The van der Waals surface area contributed by atoms with Gasteiger partial charge in [0.05, 0.1) is 12.4 Å². The fourth-order valence-electron chi connectivity index (χ4n) is 2.01. The first-order chi connectivity index (χ1) is 8.50. The first kappa shape index (κ1) is 16.0. The minimum Gasteiger partial charge on any atom is -0.493 e. The molecule has 0 radical (unpaired) electrons. The highest BCUT2D eigenvalue weighted by atomic mass is 32.2. The van der Waals surface area contributed by atoms with E-state index in [1.165, 1.54) is 5.56 Å². The fourth-order valence-corrected chi connectivity index (χ4v) is 3.18. The zero-order chi connectivity index (χ0) is 14.8. The Bertz CT molecular complexity index is 562. The molecule has 4 nitrogen and oxygen atoms in total. The quantitative estimate of drug-likeness (QED) is 0.902. The number of hydrogen-bond acceptors (Lipinski definition) is 3. The smallest absolute Gasteiger partial charge is 0.209 e. The maximum absolute atomic E-state index is 11.2. The summed E-state index contributed by atoms with van der Waals surface area (Å²) in [5.74, 6) is 0.712. The summed E-state index contributed by atoms with van der Waals surface area (Å²) in [7, 11) is -3.49. The van der Waals surface area contributed by atoms with Crippen molar-refractivity contribution in [3.63, 3.8) is 0 Å². The second-order valence-corrected chi connectivity index (χ2v) is 7.58. The average molecular weight is 285 g/mol. The zero-order valence-corrected chi connectivity index (χ0v) is 13.1. The van der Waals surface area contributed by atoms with Crippen LogP contribution in [0.25, 0.3) is 0 Å². The van der Waals surface area contributed by atoms with E-state index in [4.69, 9.17) is 9.88 Å². The predicted octanol–water partition coefficient (Wildman–Crippen LogP) is 2.31. The van der Waals surface area contributed by atoms with Crippen molar-refractivity contribution in [1.82, 2.24) is 0 Å². The summed E-state index contributed by atoms with van der Waals surface area (Å²) in [6.07, 6.45) is 0. The molecule has 0 atom stereocenters. The number of aryl methyl sites for hydroxylation is 2. The number of sulfonamides is 1. The molecule has 108 valence electrons. The van der Waals surface area contributed by atoms with Crippen LogP contribution in [0.1, 0.15) is 30.5 Å². The minimum absolute atomic E-state index is 0.0934. The van der Waals surface area contributed by atoms with Crippen LogP contribution < -0.4 is 9.88 Å². The molecule has 0 unspecified atom stereocenters. The second-order valence-electron chi connectivity index (χ2n) is 5.97. The second kappa shape index (κ2) is 5.51. The van der Waals surface area contributed by atoms with E-state index in [-0.39, 0.29) is 5.75 Å². The molecule has 0 aromatic heterocycles. The molecule has 2 N–H and O–H groups in total. The van der Waals surface area contributed by atoms with E-state index in [0.29, 0.717) is 6.61 Å². The van der Waals surface area contributed by atoms with E-state index in [2.05, 4.69) is 6.07 Å². The van der Waals surface area contributed by atoms with Crippen LogP contribution in [-0.2, 0) is 10.0 Å². The van der Waals surface area contributed by atoms with Crippen LogP contribution in [-0.4, -0.2) is 20.8 Å². The Labute approximate surface area is 116 Å². The summed E-state index contributed by atoms with van der Waals surface area (Å²) in [6, 6.07) is 4.06. The number of primary sulfonamides is 1. The van der Waals surface area contributed by atoms with E-state index in [0.717, 1.165) is 16.9 Å². The van der Waals surface area contributed by atoms with Crippen LogP contribution in [0.15, 0.2) is 12.1 Å². The van der Waals surface area contributed by atoms with Gasteiger partial charge in [-0.15, -0.1) is 0 Å². The van der Waals surface area contributed by atoms with Gasteiger partial charge in [-0.05, 0) is 43.5 Å². The summed E-state index contributed by atoms with van der Waals surface area (Å²) in [5, 5.41) is 5.09. The van der Waals surface area contributed by atoms with Crippen molar-refractivity contribution >= 4 is 10.0 Å². The molecule has 5 heteroatoms. The highest BCUT2D eigenvalue weighted by molar-refractivity contribution is 7.89. The van der Waals surface area contributed by atoms with Crippen LogP contribution in [0, 0.1) is 26.2 Å². The third kappa shape index (κ3) is 5.20. The summed E-state index contributed by atoms with van der Waals surface area (Å²) in [6.45, 7) is 10.0. The third-order valence-electron chi connectivity index (χ3n) is 2.97. The Morgan fingerprint density at radius 1 is 1.21 bits per heavy atom. The Morgan fingerprint density at radius 3 is 2.32 bits per heavy atom. The van der Waals surface area contributed by atoms with Gasteiger partial charge < -0.3 is 4.74 Å². The van der Waals surface area contributed by atoms with Crippen molar-refractivity contribution in [3.8, 4) is 5.75 Å². The highest BCUT2D eigenvalue weighted by Crippen LogP contribution is 2.26. The lowest BCUT2D eigenvalue weighted by atomic mass is 9.98. The average Bonchev–Trinajstić information content (AvgIpc) is 2.17. The summed E-state index contributed by atoms with van der Waals surface area (Å²) < 4.78 is 28.1. The van der Waals surface area contributed by atoms with E-state index < -0.39 is 15.4 Å². The zero-order valence-electron chi connectivity index (χ0n) is 12.3. The standard InChI is InChI=1S/C14H23NO3S/c1-10-6-11(2)12(3)13(7-10)18-8-14(4,5)9-19(15,16)17/h6-7H,8-9H2,1-5H3,(H2,15,16,17). The van der Waals surface area contributed by atoms with Gasteiger partial charge in [0.25, 0.3) is 0 Å². The molecule has 0 aliphatic heterocycles. The van der Waals surface area contributed by atoms with Crippen LogP contribution in [0.5, 0.6) is 5.75 Å². The molecular weight excluding hydrogens is 262 g/mol. The minimum atomic E-state index is -3.49. The van der Waals surface area contributed by atoms with Crippen molar-refractivity contribution in [2.24, 2.45) is 10.6 Å². The van der Waals surface area contributed by atoms with Gasteiger partial charge in [-0.1, -0.05) is 19.9 Å². The molecule has 1 aromatic rings. The number of ether oxygens (including phenoxy) is 1. The topological polar surface area (TPSA) is 69.4 Å². The summed E-state index contributed by atoms with van der Waals surface area (Å²) in [4.78, 5) is 0. The molecule has 0 heterocycles. The van der Waals surface area contributed by atoms with E-state index in [9.17, 15) is 8.42 Å². The Hall–Kier alpha value is -1.07. The summed E-state index contributed by atoms with van der Waals surface area (Å²) >= 11 is 0. The van der Waals surface area contributed by atoms with Gasteiger partial charge >= 0.3 is 0 Å². The lowest BCUT2D eigenvalue weighted by Crippen LogP contribution is -2.33. The molecule has 0 aliphatic carbocycles. The van der Waals surface area contributed by atoms with Crippen LogP contribution >= 0.6 is 0 Å². The van der Waals surface area contributed by atoms with Gasteiger partial charge in [-0.2, -0.15) is 0 Å². The van der Waals surface area contributed by atoms with Crippen molar-refractivity contribution < 1.29 is 13.2 Å². The van der Waals surface area contributed by atoms with Crippen LogP contribution in [0.3, 0.4) is 0 Å². The SMILES string of the molecule is Cc1cc(C)c(C)c(OCC(C)(C)CS(N)(=O)=O)c1. The lowest BCUT2D eigenvalue weighted by Gasteiger charge is -2.24. The van der Waals surface area contributed by atoms with Crippen molar-refractivity contribution in [2.75, 3.05) is 12.4 Å². The molecule has 19 heavy (non-hydrogen) atoms. The Morgan fingerprint density at radius 2 is 1.79 bits per heavy atom. The van der Waals surface area contributed by atoms with Crippen molar-refractivity contribution in [3.05, 3.63) is 28.8 Å². The molecule has 0 fully saturated rings. The van der Waals surface area contributed by atoms with Gasteiger partial charge in [0.15, 0.2) is 0 Å². The molecule has 1 aromatic carbocycles. The monoisotopic (exact) mass is 285 g/mol. The number of nitrogens with two attached hydrogens (primary N) is 1. The highest BCUT2D eigenvalue weighted by Gasteiger charge is 2.25. The third-order valence-corrected chi connectivity index (χ3v) is 4.16. The van der Waals surface area contributed by atoms with Crippen molar-refractivity contribution in [2.45, 2.75) is 34.6 Å². The molecule has 0 bridgehead atoms. The van der Waals surface area contributed by atoms with Gasteiger partial charge in [0.1, 0.15) is 5.75 Å². The maximum atomic E-state index is 11.2. The molecule has 1 rings (SSSR count). The maximum Gasteiger partial charge on any atom is 0.209 e. The predicted molar refractivity (Wildman–Crippen MR) is 77.9 cm³/mol. The van der Waals surface area contributed by atoms with Gasteiger partial charge in [0.2, 0.25) is 10.0 Å². The van der Waals surface area contributed by atoms with Gasteiger partial charge in [-0.3, -0.25) is 0 Å². The number of benzene rings is 1. The molecule has 0 aliphatic rings. The molecular formula is C14H23NO3S. The van der Waals surface area contributed by atoms with Gasteiger partial charge in [-0.25, -0.2) is 13.6 Å². The van der Waals surface area contributed by atoms with E-state index >= 15 is 0 Å². The fraction of sp³-hybridized carbons (Fsp3) is 0.571. The first-order valence-electron chi connectivity index (χ1n) is 6.21. The molecule has 0 saturated carbocycles. The van der Waals surface area contributed by atoms with Crippen LogP contribution in [0.4, 0.5) is 0 Å². The Kier molecular flexibility index (Phi) is 4.63. The molecule has 0 saturated heterocycles. The largest absolute Gasteiger partial charge is 0.493 e. The first-order valence-corrected chi connectivity index (χ1v) is 7.93. The lowest BCUT2D eigenvalue weighted by molar-refractivity contribution is 0.198. The number of hydrogen-bond donors (Lipinski definition) is 1. The van der Waals surface area contributed by atoms with Crippen LogP contribution in [0.2, 0.25) is 0 Å². The van der Waals surface area contributed by atoms with E-state index in [1.54, 1.807) is 0 Å². The number of rotatable bonds is 5. The Balaban J connectivity index is 2.82. The van der Waals surface area contributed by atoms with Crippen molar-refractivity contribution in [1.29, 1.82) is 0 Å². The van der Waals surface area contributed by atoms with Gasteiger partial charge in [0, 0.05) is 5.41 Å². The molecule has 0 spiro atoms. The summed E-state index contributed by atoms with van der Waals surface area (Å²) in [5.41, 5.74) is 2.86. The normalized spacial score (nSPS) is 12.5.